The van der Waals surface area contributed by atoms with Gasteiger partial charge in [0.05, 0.1) is 0 Å². The maximum atomic E-state index is 11.5. The van der Waals surface area contributed by atoms with Gasteiger partial charge in [-0.2, -0.15) is 0 Å². The van der Waals surface area contributed by atoms with E-state index in [1.54, 1.807) is 0 Å². The van der Waals surface area contributed by atoms with Crippen LogP contribution in [0.25, 0.3) is 0 Å². The highest BCUT2D eigenvalue weighted by Crippen LogP contribution is 2.14. The fraction of sp³-hybridized carbons (Fsp3) is 0.769. The number of carbonyl (C=O) groups is 1. The number of amides is 1. The molecule has 1 aliphatic heterocycles. The van der Waals surface area contributed by atoms with Crippen LogP contribution in [0.15, 0.2) is 0 Å². The third kappa shape index (κ3) is 3.09. The number of aromatic nitrogens is 3. The summed E-state index contributed by atoms with van der Waals surface area (Å²) in [6, 6.07) is 0. The summed E-state index contributed by atoms with van der Waals surface area (Å²) in [7, 11) is 0. The molecule has 0 fully saturated rings. The van der Waals surface area contributed by atoms with Gasteiger partial charge in [0.15, 0.2) is 0 Å². The van der Waals surface area contributed by atoms with Crippen LogP contribution < -0.4 is 5.32 Å². The normalized spacial score (nSPS) is 15.3. The average molecular weight is 250 g/mol. The molecule has 2 heterocycles. The van der Waals surface area contributed by atoms with E-state index in [0.29, 0.717) is 6.54 Å². The molecular formula is C13H22N4O. The molecule has 18 heavy (non-hydrogen) atoms. The van der Waals surface area contributed by atoms with Gasteiger partial charge >= 0.3 is 0 Å². The van der Waals surface area contributed by atoms with Crippen LogP contribution in [0.4, 0.5) is 0 Å². The molecule has 1 aromatic heterocycles. The molecule has 1 aliphatic rings. The Morgan fingerprint density at radius 1 is 1.33 bits per heavy atom. The summed E-state index contributed by atoms with van der Waals surface area (Å²) in [6.45, 7) is 5.47. The molecule has 0 aromatic carbocycles. The van der Waals surface area contributed by atoms with Crippen LogP contribution >= 0.6 is 0 Å². The first kappa shape index (κ1) is 13.1. The molecule has 0 radical (unpaired) electrons. The van der Waals surface area contributed by atoms with Crippen molar-refractivity contribution in [1.29, 1.82) is 0 Å². The van der Waals surface area contributed by atoms with Crippen LogP contribution in [0.3, 0.4) is 0 Å². The van der Waals surface area contributed by atoms with Crippen molar-refractivity contribution in [1.82, 2.24) is 20.1 Å². The van der Waals surface area contributed by atoms with Gasteiger partial charge in [-0.3, -0.25) is 4.79 Å². The molecule has 1 aromatic rings. The Hall–Kier alpha value is -1.39. The molecule has 5 nitrogen and oxygen atoms in total. The van der Waals surface area contributed by atoms with E-state index in [9.17, 15) is 4.79 Å². The van der Waals surface area contributed by atoms with Gasteiger partial charge < -0.3 is 9.88 Å². The monoisotopic (exact) mass is 250 g/mol. The van der Waals surface area contributed by atoms with Gasteiger partial charge in [-0.25, -0.2) is 0 Å². The van der Waals surface area contributed by atoms with E-state index in [0.717, 1.165) is 31.0 Å². The number of hydrogen-bond donors (Lipinski definition) is 1. The van der Waals surface area contributed by atoms with Crippen molar-refractivity contribution >= 4 is 5.91 Å². The van der Waals surface area contributed by atoms with Crippen LogP contribution in [0.1, 0.15) is 44.8 Å². The molecule has 100 valence electrons. The molecule has 1 amide bonds. The van der Waals surface area contributed by atoms with Gasteiger partial charge in [-0.05, 0) is 12.8 Å². The molecule has 0 spiro atoms. The highest BCUT2D eigenvalue weighted by atomic mass is 16.1. The Morgan fingerprint density at radius 3 is 2.94 bits per heavy atom. The minimum Gasteiger partial charge on any atom is -0.355 e. The van der Waals surface area contributed by atoms with Crippen LogP contribution in [0.5, 0.6) is 0 Å². The van der Waals surface area contributed by atoms with E-state index in [-0.39, 0.29) is 11.8 Å². The first-order chi connectivity index (χ1) is 8.68. The third-order valence-electron chi connectivity index (χ3n) is 3.36. The number of aryl methyl sites for hydroxylation is 1. The van der Waals surface area contributed by atoms with E-state index < -0.39 is 0 Å². The van der Waals surface area contributed by atoms with Crippen molar-refractivity contribution in [3.05, 3.63) is 11.6 Å². The number of nitrogens with one attached hydrogen (secondary N) is 1. The molecule has 5 heteroatoms. The van der Waals surface area contributed by atoms with Crippen LogP contribution in [-0.2, 0) is 24.2 Å². The Bertz CT molecular complexity index is 411. The van der Waals surface area contributed by atoms with Gasteiger partial charge in [-0.1, -0.05) is 20.3 Å². The second-order valence-electron chi connectivity index (χ2n) is 5.19. The standard InChI is InChI=1S/C13H22N4O/c1-10(2)13(18)14-8-7-12-16-15-11-6-4-3-5-9-17(11)12/h10H,3-9H2,1-2H3,(H,14,18). The second-order valence-corrected chi connectivity index (χ2v) is 5.19. The van der Waals surface area contributed by atoms with Crippen LogP contribution in [-0.4, -0.2) is 27.2 Å². The lowest BCUT2D eigenvalue weighted by Crippen LogP contribution is -2.30. The van der Waals surface area contributed by atoms with Gasteiger partial charge in [-0.15, -0.1) is 10.2 Å². The Balaban J connectivity index is 1.90. The molecule has 0 atom stereocenters. The zero-order valence-electron chi connectivity index (χ0n) is 11.3. The average Bonchev–Trinajstić information content (AvgIpc) is 2.59. The van der Waals surface area contributed by atoms with E-state index in [1.165, 1.54) is 19.3 Å². The van der Waals surface area contributed by atoms with Crippen molar-refractivity contribution in [2.75, 3.05) is 6.54 Å². The summed E-state index contributed by atoms with van der Waals surface area (Å²) in [5, 5.41) is 11.4. The zero-order chi connectivity index (χ0) is 13.0. The summed E-state index contributed by atoms with van der Waals surface area (Å²) >= 11 is 0. The van der Waals surface area contributed by atoms with Crippen molar-refractivity contribution in [2.24, 2.45) is 5.92 Å². The summed E-state index contributed by atoms with van der Waals surface area (Å²) in [4.78, 5) is 11.5. The summed E-state index contributed by atoms with van der Waals surface area (Å²) < 4.78 is 2.23. The Kier molecular flexibility index (Phi) is 4.33. The molecule has 1 N–H and O–H groups in total. The molecule has 0 unspecified atom stereocenters. The van der Waals surface area contributed by atoms with E-state index in [1.807, 2.05) is 13.8 Å². The zero-order valence-corrected chi connectivity index (χ0v) is 11.3. The maximum Gasteiger partial charge on any atom is 0.222 e. The fourth-order valence-electron chi connectivity index (χ4n) is 2.23. The summed E-state index contributed by atoms with van der Waals surface area (Å²) in [5.74, 6) is 2.26. The molecule has 0 saturated carbocycles. The number of fused-ring (bicyclic) bond motifs is 1. The highest BCUT2D eigenvalue weighted by molar-refractivity contribution is 5.77. The smallest absolute Gasteiger partial charge is 0.222 e. The van der Waals surface area contributed by atoms with E-state index in [4.69, 9.17) is 0 Å². The Morgan fingerprint density at radius 2 is 2.17 bits per heavy atom. The minimum absolute atomic E-state index is 0.0421. The maximum absolute atomic E-state index is 11.5. The lowest BCUT2D eigenvalue weighted by Gasteiger charge is -2.09. The third-order valence-corrected chi connectivity index (χ3v) is 3.36. The van der Waals surface area contributed by atoms with Gasteiger partial charge in [0, 0.05) is 31.8 Å². The molecular weight excluding hydrogens is 228 g/mol. The quantitative estimate of drug-likeness (QED) is 0.876. The first-order valence-corrected chi connectivity index (χ1v) is 6.87. The SMILES string of the molecule is CC(C)C(=O)NCCc1nnc2n1CCCCC2. The predicted octanol–water partition coefficient (Wildman–Crippen LogP) is 1.32. The number of hydrogen-bond acceptors (Lipinski definition) is 3. The molecule has 0 bridgehead atoms. The predicted molar refractivity (Wildman–Crippen MR) is 69.1 cm³/mol. The van der Waals surface area contributed by atoms with E-state index >= 15 is 0 Å². The Labute approximate surface area is 108 Å². The van der Waals surface area contributed by atoms with Crippen molar-refractivity contribution in [3.8, 4) is 0 Å². The van der Waals surface area contributed by atoms with Crippen molar-refractivity contribution < 1.29 is 4.79 Å². The van der Waals surface area contributed by atoms with Crippen molar-refractivity contribution in [2.45, 2.75) is 52.5 Å². The number of carbonyl (C=O) groups excluding carboxylic acids is 1. The summed E-state index contributed by atoms with van der Waals surface area (Å²) in [6.07, 6.45) is 5.49. The lowest BCUT2D eigenvalue weighted by atomic mass is 10.2. The first-order valence-electron chi connectivity index (χ1n) is 6.87. The largest absolute Gasteiger partial charge is 0.355 e. The van der Waals surface area contributed by atoms with Gasteiger partial charge in [0.2, 0.25) is 5.91 Å². The van der Waals surface area contributed by atoms with Crippen LogP contribution in [0.2, 0.25) is 0 Å². The topological polar surface area (TPSA) is 59.8 Å². The van der Waals surface area contributed by atoms with Gasteiger partial charge in [0.1, 0.15) is 11.6 Å². The lowest BCUT2D eigenvalue weighted by molar-refractivity contribution is -0.123. The summed E-state index contributed by atoms with van der Waals surface area (Å²) in [5.41, 5.74) is 0. The second kappa shape index (κ2) is 5.98. The van der Waals surface area contributed by atoms with Crippen molar-refractivity contribution in [3.63, 3.8) is 0 Å². The highest BCUT2D eigenvalue weighted by Gasteiger charge is 2.14. The number of nitrogens with zero attached hydrogens (tertiary/aromatic N) is 3. The fourth-order valence-corrected chi connectivity index (χ4v) is 2.23. The van der Waals surface area contributed by atoms with Gasteiger partial charge in [0.25, 0.3) is 0 Å². The van der Waals surface area contributed by atoms with Crippen LogP contribution in [0, 0.1) is 5.92 Å². The number of rotatable bonds is 4. The molecule has 0 saturated heterocycles. The molecule has 0 aliphatic carbocycles. The minimum atomic E-state index is 0.0421. The van der Waals surface area contributed by atoms with E-state index in [2.05, 4.69) is 20.1 Å². The molecule has 2 rings (SSSR count).